The van der Waals surface area contributed by atoms with Crippen molar-refractivity contribution in [3.63, 3.8) is 0 Å². The normalized spacial score (nSPS) is 14.0. The topological polar surface area (TPSA) is 85.9 Å². The third kappa shape index (κ3) is 3.05. The molecule has 0 aliphatic heterocycles. The van der Waals surface area contributed by atoms with Crippen molar-refractivity contribution in [1.82, 2.24) is 5.32 Å². The largest absolute Gasteiger partial charge is 0.467 e. The molecule has 1 aromatic heterocycles. The van der Waals surface area contributed by atoms with Crippen LogP contribution in [0.3, 0.4) is 0 Å². The van der Waals surface area contributed by atoms with Crippen LogP contribution in [0.25, 0.3) is 0 Å². The molecule has 5 nitrogen and oxygen atoms in total. The van der Waals surface area contributed by atoms with E-state index in [0.717, 1.165) is 0 Å². The second-order valence-electron chi connectivity index (χ2n) is 3.86. The average Bonchev–Trinajstić information content (AvgIpc) is 2.85. The van der Waals surface area contributed by atoms with Crippen molar-refractivity contribution in [1.29, 1.82) is 0 Å². The van der Waals surface area contributed by atoms with Gasteiger partial charge in [-0.25, -0.2) is 0 Å². The van der Waals surface area contributed by atoms with Gasteiger partial charge < -0.3 is 25.1 Å². The molecule has 5 heteroatoms. The van der Waals surface area contributed by atoms with Gasteiger partial charge in [0.25, 0.3) is 0 Å². The second-order valence-corrected chi connectivity index (χ2v) is 3.86. The lowest BCUT2D eigenvalue weighted by molar-refractivity contribution is 0.0660. The molecule has 16 heavy (non-hydrogen) atoms. The Bertz CT molecular complexity index is 274. The van der Waals surface area contributed by atoms with Gasteiger partial charge in [-0.3, -0.25) is 0 Å². The summed E-state index contributed by atoms with van der Waals surface area (Å²) in [6.07, 6.45) is 1.29. The number of hydrogen-bond acceptors (Lipinski definition) is 5. The summed E-state index contributed by atoms with van der Waals surface area (Å²) in [4.78, 5) is 0. The van der Waals surface area contributed by atoms with Crippen molar-refractivity contribution in [3.05, 3.63) is 24.2 Å². The van der Waals surface area contributed by atoms with E-state index in [4.69, 9.17) is 4.42 Å². The molecule has 0 aliphatic rings. The Hall–Kier alpha value is -0.880. The summed E-state index contributed by atoms with van der Waals surface area (Å²) in [6, 6.07) is 3.38. The number of furan rings is 1. The minimum atomic E-state index is -0.779. The lowest BCUT2D eigenvalue weighted by Crippen LogP contribution is -2.52. The lowest BCUT2D eigenvalue weighted by Gasteiger charge is -2.30. The molecule has 0 aliphatic carbocycles. The van der Waals surface area contributed by atoms with Crippen LogP contribution in [0.15, 0.2) is 22.8 Å². The van der Waals surface area contributed by atoms with E-state index in [2.05, 4.69) is 5.32 Å². The predicted molar refractivity (Wildman–Crippen MR) is 58.9 cm³/mol. The fourth-order valence-electron chi connectivity index (χ4n) is 1.41. The van der Waals surface area contributed by atoms with Gasteiger partial charge in [-0.2, -0.15) is 0 Å². The molecule has 4 N–H and O–H groups in total. The maximum atomic E-state index is 9.74. The molecule has 92 valence electrons. The van der Waals surface area contributed by atoms with Crippen LogP contribution < -0.4 is 5.32 Å². The van der Waals surface area contributed by atoms with E-state index in [1.54, 1.807) is 12.1 Å². The third-order valence-electron chi connectivity index (χ3n) is 2.82. The van der Waals surface area contributed by atoms with E-state index >= 15 is 0 Å². The first-order valence-electron chi connectivity index (χ1n) is 5.35. The minimum Gasteiger partial charge on any atom is -0.467 e. The van der Waals surface area contributed by atoms with Crippen molar-refractivity contribution < 1.29 is 19.7 Å². The molecule has 0 bridgehead atoms. The van der Waals surface area contributed by atoms with E-state index in [1.807, 2.05) is 6.92 Å². The van der Waals surface area contributed by atoms with Crippen LogP contribution in [0, 0.1) is 0 Å². The maximum absolute atomic E-state index is 9.74. The zero-order chi connectivity index (χ0) is 12.0. The molecule has 0 spiro atoms. The molecule has 0 saturated heterocycles. The molecular formula is C11H19NO4. The highest BCUT2D eigenvalue weighted by Crippen LogP contribution is 2.14. The SMILES string of the molecule is CCC(CO)(CO)NCC(O)c1ccco1. The zero-order valence-corrected chi connectivity index (χ0v) is 9.39. The summed E-state index contributed by atoms with van der Waals surface area (Å²) in [5, 5.41) is 31.1. The highest BCUT2D eigenvalue weighted by atomic mass is 16.4. The maximum Gasteiger partial charge on any atom is 0.133 e. The zero-order valence-electron chi connectivity index (χ0n) is 9.39. The molecule has 0 aromatic carbocycles. The Morgan fingerprint density at radius 3 is 2.56 bits per heavy atom. The predicted octanol–water partition coefficient (Wildman–Crippen LogP) is 0.0360. The Morgan fingerprint density at radius 2 is 2.12 bits per heavy atom. The van der Waals surface area contributed by atoms with Gasteiger partial charge in [0, 0.05) is 6.54 Å². The Morgan fingerprint density at radius 1 is 1.44 bits per heavy atom. The van der Waals surface area contributed by atoms with Gasteiger partial charge in [0.1, 0.15) is 11.9 Å². The second kappa shape index (κ2) is 6.00. The quantitative estimate of drug-likeness (QED) is 0.530. The van der Waals surface area contributed by atoms with Crippen molar-refractivity contribution >= 4 is 0 Å². The highest BCUT2D eigenvalue weighted by molar-refractivity contribution is 5.02. The summed E-state index contributed by atoms with van der Waals surface area (Å²) < 4.78 is 5.05. The van der Waals surface area contributed by atoms with Crippen LogP contribution in [0.5, 0.6) is 0 Å². The van der Waals surface area contributed by atoms with Crippen LogP contribution in [-0.4, -0.2) is 40.6 Å². The molecule has 0 fully saturated rings. The molecule has 1 atom stereocenters. The lowest BCUT2D eigenvalue weighted by atomic mass is 9.98. The minimum absolute atomic E-state index is 0.176. The van der Waals surface area contributed by atoms with E-state index in [1.165, 1.54) is 6.26 Å². The standard InChI is InChI=1S/C11H19NO4/c1-2-11(7-13,8-14)12-6-9(15)10-4-3-5-16-10/h3-5,9,12-15H,2,6-8H2,1H3. The van der Waals surface area contributed by atoms with Gasteiger partial charge in [0.15, 0.2) is 0 Å². The number of aliphatic hydroxyl groups is 3. The average molecular weight is 229 g/mol. The first-order valence-corrected chi connectivity index (χ1v) is 5.35. The van der Waals surface area contributed by atoms with E-state index < -0.39 is 11.6 Å². The highest BCUT2D eigenvalue weighted by Gasteiger charge is 2.27. The van der Waals surface area contributed by atoms with Gasteiger partial charge in [0.2, 0.25) is 0 Å². The summed E-state index contributed by atoms with van der Waals surface area (Å²) in [6.45, 7) is 1.73. The molecule has 0 radical (unpaired) electrons. The molecular weight excluding hydrogens is 210 g/mol. The van der Waals surface area contributed by atoms with Gasteiger partial charge in [-0.1, -0.05) is 6.92 Å². The molecule has 1 rings (SSSR count). The number of aliphatic hydroxyl groups excluding tert-OH is 3. The van der Waals surface area contributed by atoms with Crippen LogP contribution >= 0.6 is 0 Å². The van der Waals surface area contributed by atoms with Crippen molar-refractivity contribution in [2.75, 3.05) is 19.8 Å². The molecule has 0 saturated carbocycles. The fraction of sp³-hybridized carbons (Fsp3) is 0.636. The smallest absolute Gasteiger partial charge is 0.133 e. The van der Waals surface area contributed by atoms with Gasteiger partial charge in [-0.15, -0.1) is 0 Å². The summed E-state index contributed by atoms with van der Waals surface area (Å²) >= 11 is 0. The number of nitrogens with one attached hydrogen (secondary N) is 1. The number of β-amino-alcohol motifs (C(OH)–C–C–N with tert-alkyl or cyclic N) is 1. The number of rotatable bonds is 7. The van der Waals surface area contributed by atoms with E-state index in [0.29, 0.717) is 12.2 Å². The first-order chi connectivity index (χ1) is 7.67. The Labute approximate surface area is 94.7 Å². The van der Waals surface area contributed by atoms with E-state index in [-0.39, 0.29) is 19.8 Å². The van der Waals surface area contributed by atoms with Gasteiger partial charge in [0.05, 0.1) is 25.0 Å². The monoisotopic (exact) mass is 229 g/mol. The van der Waals surface area contributed by atoms with Gasteiger partial charge >= 0.3 is 0 Å². The van der Waals surface area contributed by atoms with Crippen LogP contribution in [0.1, 0.15) is 25.2 Å². The summed E-state index contributed by atoms with van der Waals surface area (Å²) in [7, 11) is 0. The molecule has 1 unspecified atom stereocenters. The third-order valence-corrected chi connectivity index (χ3v) is 2.82. The molecule has 0 amide bonds. The van der Waals surface area contributed by atoms with Crippen molar-refractivity contribution in [2.45, 2.75) is 25.0 Å². The Kier molecular flexibility index (Phi) is 4.95. The summed E-state index contributed by atoms with van der Waals surface area (Å²) in [5.41, 5.74) is -0.742. The fourth-order valence-corrected chi connectivity index (χ4v) is 1.41. The van der Waals surface area contributed by atoms with Crippen molar-refractivity contribution in [2.24, 2.45) is 0 Å². The number of hydrogen-bond donors (Lipinski definition) is 4. The molecule has 1 aromatic rings. The van der Waals surface area contributed by atoms with Crippen LogP contribution in [0.2, 0.25) is 0 Å². The van der Waals surface area contributed by atoms with Crippen LogP contribution in [-0.2, 0) is 0 Å². The van der Waals surface area contributed by atoms with Crippen molar-refractivity contribution in [3.8, 4) is 0 Å². The first kappa shape index (κ1) is 13.2. The van der Waals surface area contributed by atoms with Gasteiger partial charge in [-0.05, 0) is 18.6 Å². The molecule has 1 heterocycles. The summed E-state index contributed by atoms with van der Waals surface area (Å²) in [5.74, 6) is 0.466. The Balaban J connectivity index is 2.49. The van der Waals surface area contributed by atoms with E-state index in [9.17, 15) is 15.3 Å². The van der Waals surface area contributed by atoms with Crippen LogP contribution in [0.4, 0.5) is 0 Å².